The molecule has 1 amide bonds. The molecule has 6 nitrogen and oxygen atoms in total. The maximum absolute atomic E-state index is 12.7. The van der Waals surface area contributed by atoms with E-state index in [0.717, 1.165) is 42.6 Å². The van der Waals surface area contributed by atoms with Gasteiger partial charge in [0.15, 0.2) is 11.0 Å². The fourth-order valence-corrected chi connectivity index (χ4v) is 6.33. The molecule has 172 valence electrons. The van der Waals surface area contributed by atoms with Gasteiger partial charge in [0.05, 0.1) is 11.3 Å². The van der Waals surface area contributed by atoms with Crippen LogP contribution in [0.1, 0.15) is 49.6 Å². The second-order valence-electron chi connectivity index (χ2n) is 9.17. The number of aromatic nitrogens is 3. The summed E-state index contributed by atoms with van der Waals surface area (Å²) < 4.78 is 1.90. The Bertz CT molecular complexity index is 1190. The molecule has 8 heteroatoms. The predicted octanol–water partition coefficient (Wildman–Crippen LogP) is 5.69. The van der Waals surface area contributed by atoms with Crippen LogP contribution in [0.15, 0.2) is 35.5 Å². The molecule has 0 aliphatic heterocycles. The minimum Gasteiger partial charge on any atom is -0.316 e. The Morgan fingerprint density at radius 1 is 1.33 bits per heavy atom. The first-order valence-corrected chi connectivity index (χ1v) is 13.1. The number of hydrogen-bond acceptors (Lipinski definition) is 6. The van der Waals surface area contributed by atoms with Gasteiger partial charge in [0, 0.05) is 17.5 Å². The summed E-state index contributed by atoms with van der Waals surface area (Å²) in [7, 11) is 1.90. The highest BCUT2D eigenvalue weighted by Crippen LogP contribution is 2.45. The van der Waals surface area contributed by atoms with Gasteiger partial charge < -0.3 is 9.88 Å². The average molecular weight is 480 g/mol. The molecular formula is C25H29N5OS2. The summed E-state index contributed by atoms with van der Waals surface area (Å²) in [6.07, 6.45) is 4.13. The van der Waals surface area contributed by atoms with Crippen LogP contribution in [0, 0.1) is 22.7 Å². The SMILES string of the molecule is CCC(C)(C)C1CCc2c(sc(NC(=O)CSc3nnc(-c4ccccc4)n3C)c2C#N)C1. The van der Waals surface area contributed by atoms with Crippen LogP contribution in [0.4, 0.5) is 5.00 Å². The van der Waals surface area contributed by atoms with Crippen molar-refractivity contribution >= 4 is 34.0 Å². The zero-order chi connectivity index (χ0) is 23.6. The van der Waals surface area contributed by atoms with Crippen molar-refractivity contribution < 1.29 is 4.79 Å². The van der Waals surface area contributed by atoms with Crippen molar-refractivity contribution in [2.45, 2.75) is 51.6 Å². The van der Waals surface area contributed by atoms with Crippen LogP contribution in [0.5, 0.6) is 0 Å². The van der Waals surface area contributed by atoms with E-state index in [4.69, 9.17) is 0 Å². The van der Waals surface area contributed by atoms with Crippen molar-refractivity contribution in [3.8, 4) is 17.5 Å². The standard InChI is InChI=1S/C25H29N5OS2/c1-5-25(2,3)17-11-12-18-19(14-26)23(33-20(18)13-17)27-21(31)15-32-24-29-28-22(30(24)4)16-9-7-6-8-10-16/h6-10,17H,5,11-13,15H2,1-4H3,(H,27,31). The Morgan fingerprint density at radius 3 is 2.79 bits per heavy atom. The maximum Gasteiger partial charge on any atom is 0.235 e. The van der Waals surface area contributed by atoms with Crippen LogP contribution in [0.3, 0.4) is 0 Å². The van der Waals surface area contributed by atoms with E-state index >= 15 is 0 Å². The number of hydrogen-bond donors (Lipinski definition) is 1. The summed E-state index contributed by atoms with van der Waals surface area (Å²) in [4.78, 5) is 14.0. The van der Waals surface area contributed by atoms with Crippen molar-refractivity contribution in [1.29, 1.82) is 5.26 Å². The number of carbonyl (C=O) groups excluding carboxylic acids is 1. The van der Waals surface area contributed by atoms with Crippen molar-refractivity contribution in [1.82, 2.24) is 14.8 Å². The molecule has 0 bridgehead atoms. The summed E-state index contributed by atoms with van der Waals surface area (Å²) in [6, 6.07) is 12.2. The molecule has 33 heavy (non-hydrogen) atoms. The molecule has 0 radical (unpaired) electrons. The number of fused-ring (bicyclic) bond motifs is 1. The van der Waals surface area contributed by atoms with Gasteiger partial charge in [-0.3, -0.25) is 4.79 Å². The zero-order valence-corrected chi connectivity index (χ0v) is 21.1. The number of carbonyl (C=O) groups is 1. The molecule has 0 fully saturated rings. The first-order chi connectivity index (χ1) is 15.8. The van der Waals surface area contributed by atoms with Gasteiger partial charge in [0.1, 0.15) is 11.1 Å². The summed E-state index contributed by atoms with van der Waals surface area (Å²) in [6.45, 7) is 6.90. The van der Waals surface area contributed by atoms with Gasteiger partial charge in [-0.2, -0.15) is 5.26 Å². The summed E-state index contributed by atoms with van der Waals surface area (Å²) >= 11 is 2.92. The Kier molecular flexibility index (Phi) is 6.91. The van der Waals surface area contributed by atoms with E-state index in [2.05, 4.69) is 42.4 Å². The first-order valence-electron chi connectivity index (χ1n) is 11.3. The second kappa shape index (κ2) is 9.70. The summed E-state index contributed by atoms with van der Waals surface area (Å²) in [5.74, 6) is 1.44. The molecule has 1 N–H and O–H groups in total. The van der Waals surface area contributed by atoms with E-state index < -0.39 is 0 Å². The van der Waals surface area contributed by atoms with Gasteiger partial charge in [0.25, 0.3) is 0 Å². The fraction of sp³-hybridized carbons (Fsp3) is 0.440. The van der Waals surface area contributed by atoms with Crippen LogP contribution < -0.4 is 5.32 Å². The lowest BCUT2D eigenvalue weighted by Crippen LogP contribution is -2.28. The van der Waals surface area contributed by atoms with Gasteiger partial charge in [-0.15, -0.1) is 21.5 Å². The molecule has 2 aromatic heterocycles. The van der Waals surface area contributed by atoms with Crippen LogP contribution >= 0.6 is 23.1 Å². The Hall–Kier alpha value is -2.63. The molecule has 0 saturated heterocycles. The third-order valence-corrected chi connectivity index (χ3v) is 9.04. The number of amides is 1. The summed E-state index contributed by atoms with van der Waals surface area (Å²) in [5, 5.41) is 22.7. The van der Waals surface area contributed by atoms with Crippen LogP contribution in [-0.2, 0) is 24.7 Å². The van der Waals surface area contributed by atoms with Gasteiger partial charge in [-0.05, 0) is 36.2 Å². The minimum atomic E-state index is -0.134. The van der Waals surface area contributed by atoms with E-state index in [-0.39, 0.29) is 17.1 Å². The second-order valence-corrected chi connectivity index (χ2v) is 11.2. The monoisotopic (exact) mass is 479 g/mol. The van der Waals surface area contributed by atoms with Crippen LogP contribution in [0.2, 0.25) is 0 Å². The van der Waals surface area contributed by atoms with E-state index in [1.807, 2.05) is 41.9 Å². The number of anilines is 1. The van der Waals surface area contributed by atoms with Gasteiger partial charge in [0.2, 0.25) is 5.91 Å². The fourth-order valence-electron chi connectivity index (χ4n) is 4.32. The third-order valence-electron chi connectivity index (χ3n) is 6.85. The molecule has 0 spiro atoms. The van der Waals surface area contributed by atoms with Crippen LogP contribution in [0.25, 0.3) is 11.4 Å². The normalized spacial score (nSPS) is 15.7. The number of nitrogens with one attached hydrogen (secondary N) is 1. The van der Waals surface area contributed by atoms with Crippen molar-refractivity contribution in [3.05, 3.63) is 46.3 Å². The van der Waals surface area contributed by atoms with Crippen molar-refractivity contribution in [2.24, 2.45) is 18.4 Å². The smallest absolute Gasteiger partial charge is 0.235 e. The largest absolute Gasteiger partial charge is 0.316 e. The number of benzene rings is 1. The lowest BCUT2D eigenvalue weighted by Gasteiger charge is -2.36. The van der Waals surface area contributed by atoms with E-state index in [9.17, 15) is 10.1 Å². The molecule has 1 aliphatic carbocycles. The summed E-state index contributed by atoms with van der Waals surface area (Å²) in [5.41, 5.74) is 3.04. The maximum atomic E-state index is 12.7. The molecule has 1 aliphatic rings. The zero-order valence-electron chi connectivity index (χ0n) is 19.5. The highest BCUT2D eigenvalue weighted by atomic mass is 32.2. The molecule has 4 rings (SSSR count). The van der Waals surface area contributed by atoms with Crippen molar-refractivity contribution in [3.63, 3.8) is 0 Å². The Morgan fingerprint density at radius 2 is 2.09 bits per heavy atom. The number of nitriles is 1. The third kappa shape index (κ3) is 4.85. The quantitative estimate of drug-likeness (QED) is 0.440. The van der Waals surface area contributed by atoms with E-state index in [1.54, 1.807) is 11.3 Å². The Labute approximate surface area is 203 Å². The number of thiophene rings is 1. The number of thioether (sulfide) groups is 1. The highest BCUT2D eigenvalue weighted by molar-refractivity contribution is 7.99. The van der Waals surface area contributed by atoms with E-state index in [1.165, 1.54) is 16.6 Å². The van der Waals surface area contributed by atoms with Crippen molar-refractivity contribution in [2.75, 3.05) is 11.1 Å². The van der Waals surface area contributed by atoms with Gasteiger partial charge in [-0.1, -0.05) is 69.3 Å². The molecule has 2 heterocycles. The molecule has 3 aromatic rings. The highest BCUT2D eigenvalue weighted by Gasteiger charge is 2.34. The van der Waals surface area contributed by atoms with Gasteiger partial charge in [-0.25, -0.2) is 0 Å². The lowest BCUT2D eigenvalue weighted by molar-refractivity contribution is -0.113. The molecule has 1 unspecified atom stereocenters. The lowest BCUT2D eigenvalue weighted by atomic mass is 9.69. The van der Waals surface area contributed by atoms with E-state index in [0.29, 0.717) is 21.6 Å². The average Bonchev–Trinajstić information content (AvgIpc) is 3.36. The molecule has 0 saturated carbocycles. The topological polar surface area (TPSA) is 83.6 Å². The number of nitrogens with zero attached hydrogens (tertiary/aromatic N) is 4. The van der Waals surface area contributed by atoms with Crippen LogP contribution in [-0.4, -0.2) is 26.4 Å². The molecular weight excluding hydrogens is 450 g/mol. The van der Waals surface area contributed by atoms with Gasteiger partial charge >= 0.3 is 0 Å². The minimum absolute atomic E-state index is 0.134. The Balaban J connectivity index is 1.43. The number of rotatable bonds is 7. The first kappa shape index (κ1) is 23.5. The predicted molar refractivity (Wildman–Crippen MR) is 134 cm³/mol. The molecule has 1 atom stereocenters. The molecule has 1 aromatic carbocycles.